The van der Waals surface area contributed by atoms with Crippen molar-refractivity contribution < 1.29 is 33.9 Å². The van der Waals surface area contributed by atoms with Crippen molar-refractivity contribution >= 4 is 20.8 Å². The second kappa shape index (κ2) is 7.31. The Morgan fingerprint density at radius 2 is 1.57 bits per heavy atom. The molecule has 1 heterocycles. The van der Waals surface area contributed by atoms with Crippen LogP contribution in [0.4, 0.5) is 0 Å². The Balaban J connectivity index is 3.01. The van der Waals surface area contributed by atoms with E-state index in [4.69, 9.17) is 0 Å². The van der Waals surface area contributed by atoms with Crippen molar-refractivity contribution in [3.8, 4) is 0 Å². The van der Waals surface area contributed by atoms with Crippen molar-refractivity contribution in [2.75, 3.05) is 19.7 Å². The molecule has 21 heavy (non-hydrogen) atoms. The monoisotopic (exact) mass is 347 g/mol. The van der Waals surface area contributed by atoms with E-state index in [9.17, 15) is 21.9 Å². The molecule has 0 radical (unpaired) electrons. The Bertz CT molecular complexity index is 523. The summed E-state index contributed by atoms with van der Waals surface area (Å²) in [6.45, 7) is 3.62. The molecule has 1 atom stereocenters. The molecule has 0 aliphatic carbocycles. The first-order valence-corrected chi connectivity index (χ1v) is 9.34. The molecule has 1 fully saturated rings. The van der Waals surface area contributed by atoms with E-state index in [1.54, 1.807) is 0 Å². The minimum absolute atomic E-state index is 0.325. The van der Waals surface area contributed by atoms with E-state index >= 15 is 0 Å². The highest BCUT2D eigenvalue weighted by Crippen LogP contribution is 2.25. The quantitative estimate of drug-likeness (QED) is 0.639. The van der Waals surface area contributed by atoms with E-state index in [1.165, 1.54) is 4.90 Å². The maximum atomic E-state index is 11.5. The average Bonchev–Trinajstić information content (AvgIpc) is 2.42. The van der Waals surface area contributed by atoms with Gasteiger partial charge in [-0.2, -0.15) is 21.0 Å². The highest BCUT2D eigenvalue weighted by Gasteiger charge is 2.47. The van der Waals surface area contributed by atoms with Crippen LogP contribution in [0.1, 0.15) is 39.5 Å². The molecule has 11 heteroatoms. The summed E-state index contributed by atoms with van der Waals surface area (Å²) in [6, 6.07) is 0. The van der Waals surface area contributed by atoms with Crippen LogP contribution in [0.15, 0.2) is 0 Å². The maximum Gasteiger partial charge on any atom is 0.420 e. The lowest BCUT2D eigenvalue weighted by Crippen LogP contribution is -2.55. The van der Waals surface area contributed by atoms with Crippen LogP contribution in [0.25, 0.3) is 0 Å². The van der Waals surface area contributed by atoms with Gasteiger partial charge in [0.2, 0.25) is 0 Å². The second-order valence-electron chi connectivity index (χ2n) is 4.67. The van der Waals surface area contributed by atoms with Crippen molar-refractivity contribution in [1.29, 1.82) is 0 Å². The van der Waals surface area contributed by atoms with Gasteiger partial charge in [-0.05, 0) is 12.8 Å². The number of hydrogen-bond donors (Lipinski definition) is 1. The van der Waals surface area contributed by atoms with Gasteiger partial charge in [-0.1, -0.05) is 26.7 Å². The molecule has 1 aliphatic heterocycles. The molecule has 1 aliphatic rings. The molecule has 0 saturated carbocycles. The van der Waals surface area contributed by atoms with Crippen LogP contribution in [0.2, 0.25) is 0 Å². The molecule has 0 spiro atoms. The van der Waals surface area contributed by atoms with Gasteiger partial charge in [-0.3, -0.25) is 0 Å². The van der Waals surface area contributed by atoms with E-state index in [0.29, 0.717) is 25.9 Å². The molecule has 0 bridgehead atoms. The lowest BCUT2D eigenvalue weighted by atomic mass is 10.2. The number of unbranched alkanes of at least 4 members (excludes halogenated alkanes) is 2. The fourth-order valence-electron chi connectivity index (χ4n) is 1.78. The Hall–Kier alpha value is -0.300. The van der Waals surface area contributed by atoms with E-state index in [0.717, 1.165) is 12.8 Å². The molecule has 0 amide bonds. The average molecular weight is 347 g/mol. The van der Waals surface area contributed by atoms with Crippen molar-refractivity contribution in [1.82, 2.24) is 4.90 Å². The summed E-state index contributed by atoms with van der Waals surface area (Å²) in [7, 11) is -9.71. The minimum atomic E-state index is -4.93. The summed E-state index contributed by atoms with van der Waals surface area (Å²) in [4.78, 5) is 1.34. The fourth-order valence-corrected chi connectivity index (χ4v) is 3.64. The normalized spacial score (nSPS) is 28.4. The number of nitrogens with zero attached hydrogens (tertiary/aromatic N) is 1. The molecule has 1 saturated heterocycles. The zero-order valence-electron chi connectivity index (χ0n) is 12.0. The van der Waals surface area contributed by atoms with Crippen LogP contribution in [0.3, 0.4) is 0 Å². The van der Waals surface area contributed by atoms with Gasteiger partial charge in [0.05, 0.1) is 0 Å². The highest BCUT2D eigenvalue weighted by molar-refractivity contribution is 7.95. The largest absolute Gasteiger partial charge is 0.420 e. The van der Waals surface area contributed by atoms with Gasteiger partial charge in [0.1, 0.15) is 6.61 Å². The zero-order chi connectivity index (χ0) is 16.1. The van der Waals surface area contributed by atoms with Gasteiger partial charge in [0, 0.05) is 13.1 Å². The molecule has 1 unspecified atom stereocenters. The summed E-state index contributed by atoms with van der Waals surface area (Å²) < 4.78 is 57.9. The summed E-state index contributed by atoms with van der Waals surface area (Å²) in [5, 5.41) is 10.4. The number of aliphatic hydroxyl groups is 1. The van der Waals surface area contributed by atoms with Crippen molar-refractivity contribution in [2.24, 2.45) is 0 Å². The summed E-state index contributed by atoms with van der Waals surface area (Å²) >= 11 is 0. The molecule has 1 rings (SSSR count). The molecule has 0 aromatic heterocycles. The van der Waals surface area contributed by atoms with Crippen LogP contribution in [0, 0.1) is 0 Å². The second-order valence-corrected chi connectivity index (χ2v) is 7.25. The Kier molecular flexibility index (Phi) is 6.53. The van der Waals surface area contributed by atoms with Crippen LogP contribution in [-0.4, -0.2) is 52.4 Å². The molecular formula is C10H21NO8S2. The van der Waals surface area contributed by atoms with Gasteiger partial charge >= 0.3 is 20.8 Å². The summed E-state index contributed by atoms with van der Waals surface area (Å²) in [5.41, 5.74) is 0. The molecule has 9 nitrogen and oxygen atoms in total. The smallest absolute Gasteiger partial charge is 0.350 e. The third-order valence-electron chi connectivity index (χ3n) is 2.85. The molecule has 126 valence electrons. The summed E-state index contributed by atoms with van der Waals surface area (Å²) in [6.07, 6.45) is 2.95. The molecular weight excluding hydrogens is 326 g/mol. The van der Waals surface area contributed by atoms with Crippen LogP contribution in [-0.2, 0) is 32.8 Å². The van der Waals surface area contributed by atoms with Gasteiger partial charge in [-0.15, -0.1) is 3.63 Å². The SMILES string of the molecule is CCCCN(CCCC)C1(O)COS(=O)(=O)OS(=O)(=O)O1. The van der Waals surface area contributed by atoms with E-state index < -0.39 is 33.3 Å². The van der Waals surface area contributed by atoms with Crippen LogP contribution < -0.4 is 0 Å². The maximum absolute atomic E-state index is 11.5. The lowest BCUT2D eigenvalue weighted by molar-refractivity contribution is -0.255. The number of hydrogen-bond acceptors (Lipinski definition) is 9. The van der Waals surface area contributed by atoms with E-state index in [1.807, 2.05) is 13.8 Å². The predicted molar refractivity (Wildman–Crippen MR) is 72.3 cm³/mol. The van der Waals surface area contributed by atoms with Crippen LogP contribution in [0.5, 0.6) is 0 Å². The first kappa shape index (κ1) is 18.7. The van der Waals surface area contributed by atoms with Crippen LogP contribution >= 0.6 is 0 Å². The zero-order valence-corrected chi connectivity index (χ0v) is 13.7. The topological polar surface area (TPSA) is 119 Å². The first-order valence-electron chi connectivity index (χ1n) is 6.67. The third kappa shape index (κ3) is 5.77. The number of rotatable bonds is 7. The van der Waals surface area contributed by atoms with Gasteiger partial charge in [-0.25, -0.2) is 9.08 Å². The third-order valence-corrected chi connectivity index (χ3v) is 5.06. The predicted octanol–water partition coefficient (Wildman–Crippen LogP) is 0.0877. The fraction of sp³-hybridized carbons (Fsp3) is 1.00. The van der Waals surface area contributed by atoms with Gasteiger partial charge < -0.3 is 5.11 Å². The first-order chi connectivity index (χ1) is 9.64. The Morgan fingerprint density at radius 1 is 1.05 bits per heavy atom. The van der Waals surface area contributed by atoms with Gasteiger partial charge in [0.25, 0.3) is 5.91 Å². The standard InChI is InChI=1S/C10H21NO8S2/c1-3-5-7-11(8-6-4-2)10(12)9-17-20(13,14)19-21(15,16)18-10/h12H,3-9H2,1-2H3. The summed E-state index contributed by atoms with van der Waals surface area (Å²) in [5.74, 6) is -2.41. The van der Waals surface area contributed by atoms with Crippen molar-refractivity contribution in [3.05, 3.63) is 0 Å². The Labute approximate surface area is 125 Å². The minimum Gasteiger partial charge on any atom is -0.350 e. The van der Waals surface area contributed by atoms with Crippen molar-refractivity contribution in [2.45, 2.75) is 45.4 Å². The molecule has 1 N–H and O–H groups in total. The highest BCUT2D eigenvalue weighted by atomic mass is 32.3. The van der Waals surface area contributed by atoms with E-state index in [2.05, 4.69) is 12.0 Å². The lowest BCUT2D eigenvalue weighted by Gasteiger charge is -2.35. The van der Waals surface area contributed by atoms with E-state index in [-0.39, 0.29) is 0 Å². The van der Waals surface area contributed by atoms with Crippen molar-refractivity contribution in [3.63, 3.8) is 0 Å². The van der Waals surface area contributed by atoms with Gasteiger partial charge in [0.15, 0.2) is 0 Å². The Morgan fingerprint density at radius 3 is 2.05 bits per heavy atom. The molecule has 0 aromatic rings. The molecule has 0 aromatic carbocycles.